The van der Waals surface area contributed by atoms with Gasteiger partial charge in [-0.3, -0.25) is 0 Å². The lowest BCUT2D eigenvalue weighted by atomic mass is 10.1. The Morgan fingerprint density at radius 1 is 1.44 bits per heavy atom. The van der Waals surface area contributed by atoms with Crippen molar-refractivity contribution in [3.8, 4) is 10.4 Å². The van der Waals surface area contributed by atoms with Gasteiger partial charge in [-0.2, -0.15) is 0 Å². The standard InChI is InChI=1S/C12H13ClN2S/c1-8-15-11(5-6-14)12(16-8)9-3-2-4-10(13)7-9/h2-4,7H,5-6,14H2,1H3. The molecule has 0 saturated heterocycles. The number of halogens is 1. The molecule has 0 aliphatic heterocycles. The van der Waals surface area contributed by atoms with Gasteiger partial charge in [0.15, 0.2) is 0 Å². The van der Waals surface area contributed by atoms with Gasteiger partial charge in [0.1, 0.15) is 0 Å². The molecule has 0 aliphatic carbocycles. The van der Waals surface area contributed by atoms with Crippen molar-refractivity contribution in [2.45, 2.75) is 13.3 Å². The molecule has 0 fully saturated rings. The van der Waals surface area contributed by atoms with Crippen LogP contribution in [0.1, 0.15) is 10.7 Å². The topological polar surface area (TPSA) is 38.9 Å². The summed E-state index contributed by atoms with van der Waals surface area (Å²) < 4.78 is 0. The van der Waals surface area contributed by atoms with Crippen LogP contribution in [0, 0.1) is 6.92 Å². The number of hydrogen-bond donors (Lipinski definition) is 1. The van der Waals surface area contributed by atoms with E-state index in [1.165, 1.54) is 4.88 Å². The number of nitrogens with zero attached hydrogens (tertiary/aromatic N) is 1. The van der Waals surface area contributed by atoms with Gasteiger partial charge in [-0.1, -0.05) is 23.7 Å². The van der Waals surface area contributed by atoms with Crippen LogP contribution in [0.3, 0.4) is 0 Å². The van der Waals surface area contributed by atoms with E-state index >= 15 is 0 Å². The molecule has 1 heterocycles. The lowest BCUT2D eigenvalue weighted by molar-refractivity contribution is 0.931. The predicted octanol–water partition coefficient (Wildman–Crippen LogP) is 3.27. The second-order valence-electron chi connectivity index (χ2n) is 3.56. The fraction of sp³-hybridized carbons (Fsp3) is 0.250. The molecule has 1 aromatic carbocycles. The molecule has 0 amide bonds. The average molecular weight is 253 g/mol. The van der Waals surface area contributed by atoms with Crippen LogP contribution in [-0.4, -0.2) is 11.5 Å². The first-order valence-corrected chi connectivity index (χ1v) is 6.32. The summed E-state index contributed by atoms with van der Waals surface area (Å²) in [6.45, 7) is 2.63. The van der Waals surface area contributed by atoms with Gasteiger partial charge < -0.3 is 5.73 Å². The molecule has 1 aromatic heterocycles. The number of thiazole rings is 1. The fourth-order valence-corrected chi connectivity index (χ4v) is 2.78. The van der Waals surface area contributed by atoms with E-state index in [4.69, 9.17) is 17.3 Å². The van der Waals surface area contributed by atoms with Gasteiger partial charge >= 0.3 is 0 Å². The maximum Gasteiger partial charge on any atom is 0.0903 e. The summed E-state index contributed by atoms with van der Waals surface area (Å²) in [5, 5.41) is 1.82. The molecule has 2 nitrogen and oxygen atoms in total. The Bertz CT molecular complexity index is 494. The van der Waals surface area contributed by atoms with Crippen molar-refractivity contribution < 1.29 is 0 Å². The van der Waals surface area contributed by atoms with Crippen molar-refractivity contribution in [1.29, 1.82) is 0 Å². The van der Waals surface area contributed by atoms with E-state index < -0.39 is 0 Å². The quantitative estimate of drug-likeness (QED) is 0.911. The van der Waals surface area contributed by atoms with Crippen LogP contribution >= 0.6 is 22.9 Å². The second kappa shape index (κ2) is 4.95. The van der Waals surface area contributed by atoms with Gasteiger partial charge in [0.05, 0.1) is 15.6 Å². The Hall–Kier alpha value is -0.900. The molecule has 0 radical (unpaired) electrons. The SMILES string of the molecule is Cc1nc(CCN)c(-c2cccc(Cl)c2)s1. The van der Waals surface area contributed by atoms with Crippen LogP contribution in [-0.2, 0) is 6.42 Å². The first-order valence-electron chi connectivity index (χ1n) is 5.13. The van der Waals surface area contributed by atoms with Crippen LogP contribution in [0.5, 0.6) is 0 Å². The molecule has 16 heavy (non-hydrogen) atoms. The molecular weight excluding hydrogens is 240 g/mol. The van der Waals surface area contributed by atoms with E-state index in [-0.39, 0.29) is 0 Å². The maximum atomic E-state index is 5.99. The number of nitrogens with two attached hydrogens (primary N) is 1. The monoisotopic (exact) mass is 252 g/mol. The van der Waals surface area contributed by atoms with Crippen molar-refractivity contribution in [2.24, 2.45) is 5.73 Å². The molecule has 2 rings (SSSR count). The summed E-state index contributed by atoms with van der Waals surface area (Å²) >= 11 is 7.68. The van der Waals surface area contributed by atoms with Crippen molar-refractivity contribution in [3.05, 3.63) is 40.0 Å². The van der Waals surface area contributed by atoms with Gasteiger partial charge in [0.2, 0.25) is 0 Å². The van der Waals surface area contributed by atoms with Crippen LogP contribution in [0.15, 0.2) is 24.3 Å². The Kier molecular flexibility index (Phi) is 3.59. The van der Waals surface area contributed by atoms with E-state index in [1.54, 1.807) is 11.3 Å². The molecule has 0 unspecified atom stereocenters. The smallest absolute Gasteiger partial charge is 0.0903 e. The van der Waals surface area contributed by atoms with Crippen LogP contribution in [0.4, 0.5) is 0 Å². The summed E-state index contributed by atoms with van der Waals surface area (Å²) in [6, 6.07) is 7.86. The lowest BCUT2D eigenvalue weighted by Gasteiger charge is -2.01. The summed E-state index contributed by atoms with van der Waals surface area (Å²) in [5.41, 5.74) is 7.79. The lowest BCUT2D eigenvalue weighted by Crippen LogP contribution is -2.03. The summed E-state index contributed by atoms with van der Waals surface area (Å²) in [7, 11) is 0. The number of benzene rings is 1. The normalized spacial score (nSPS) is 10.7. The minimum absolute atomic E-state index is 0.622. The highest BCUT2D eigenvalue weighted by Gasteiger charge is 2.10. The van der Waals surface area contributed by atoms with Crippen LogP contribution < -0.4 is 5.73 Å². The van der Waals surface area contributed by atoms with Crippen molar-refractivity contribution >= 4 is 22.9 Å². The summed E-state index contributed by atoms with van der Waals surface area (Å²) in [5.74, 6) is 0. The van der Waals surface area contributed by atoms with Gasteiger partial charge in [0, 0.05) is 11.4 Å². The van der Waals surface area contributed by atoms with E-state index in [0.29, 0.717) is 6.54 Å². The van der Waals surface area contributed by atoms with Gasteiger partial charge in [0.25, 0.3) is 0 Å². The Balaban J connectivity index is 2.46. The van der Waals surface area contributed by atoms with Crippen molar-refractivity contribution in [3.63, 3.8) is 0 Å². The van der Waals surface area contributed by atoms with E-state index in [1.807, 2.05) is 25.1 Å². The molecular formula is C12H13ClN2S. The first kappa shape index (κ1) is 11.6. The molecule has 0 spiro atoms. The second-order valence-corrected chi connectivity index (χ2v) is 5.20. The first-order chi connectivity index (χ1) is 7.70. The fourth-order valence-electron chi connectivity index (χ4n) is 1.63. The highest BCUT2D eigenvalue weighted by molar-refractivity contribution is 7.15. The molecule has 2 N–H and O–H groups in total. The van der Waals surface area contributed by atoms with Crippen LogP contribution in [0.25, 0.3) is 10.4 Å². The third-order valence-electron chi connectivity index (χ3n) is 2.27. The van der Waals surface area contributed by atoms with E-state index in [2.05, 4.69) is 11.1 Å². The molecule has 84 valence electrons. The largest absolute Gasteiger partial charge is 0.330 e. The number of hydrogen-bond acceptors (Lipinski definition) is 3. The molecule has 0 aliphatic rings. The average Bonchev–Trinajstić information content (AvgIpc) is 2.60. The summed E-state index contributed by atoms with van der Waals surface area (Å²) in [4.78, 5) is 5.69. The van der Waals surface area contributed by atoms with Gasteiger partial charge in [-0.25, -0.2) is 4.98 Å². The third kappa shape index (κ3) is 2.43. The number of rotatable bonds is 3. The predicted molar refractivity (Wildman–Crippen MR) is 70.1 cm³/mol. The summed E-state index contributed by atoms with van der Waals surface area (Å²) in [6.07, 6.45) is 0.812. The molecule has 2 aromatic rings. The molecule has 0 bridgehead atoms. The van der Waals surface area contributed by atoms with E-state index in [0.717, 1.165) is 27.7 Å². The highest BCUT2D eigenvalue weighted by Crippen LogP contribution is 2.31. The zero-order chi connectivity index (χ0) is 11.5. The Morgan fingerprint density at radius 3 is 2.94 bits per heavy atom. The van der Waals surface area contributed by atoms with Crippen LogP contribution in [0.2, 0.25) is 5.02 Å². The Morgan fingerprint density at radius 2 is 2.25 bits per heavy atom. The minimum Gasteiger partial charge on any atom is -0.330 e. The third-order valence-corrected chi connectivity index (χ3v) is 3.57. The van der Waals surface area contributed by atoms with Gasteiger partial charge in [-0.05, 0) is 31.2 Å². The van der Waals surface area contributed by atoms with Crippen molar-refractivity contribution in [2.75, 3.05) is 6.54 Å². The zero-order valence-electron chi connectivity index (χ0n) is 9.03. The van der Waals surface area contributed by atoms with Gasteiger partial charge in [-0.15, -0.1) is 11.3 Å². The minimum atomic E-state index is 0.622. The highest BCUT2D eigenvalue weighted by atomic mass is 35.5. The zero-order valence-corrected chi connectivity index (χ0v) is 10.6. The number of aromatic nitrogens is 1. The van der Waals surface area contributed by atoms with E-state index in [9.17, 15) is 0 Å². The molecule has 4 heteroatoms. The Labute approximate surface area is 104 Å². The molecule has 0 atom stereocenters. The van der Waals surface area contributed by atoms with Crippen molar-refractivity contribution in [1.82, 2.24) is 4.98 Å². The molecule has 0 saturated carbocycles. The maximum absolute atomic E-state index is 5.99. The number of aryl methyl sites for hydroxylation is 1.